The minimum absolute atomic E-state index is 0.301. The highest BCUT2D eigenvalue weighted by Crippen LogP contribution is 2.27. The number of halogens is 1. The van der Waals surface area contributed by atoms with Crippen LogP contribution in [0.3, 0.4) is 0 Å². The molecule has 1 aromatic carbocycles. The summed E-state index contributed by atoms with van der Waals surface area (Å²) < 4.78 is 15.7. The van der Waals surface area contributed by atoms with E-state index in [9.17, 15) is 9.50 Å². The molecule has 2 heterocycles. The average molecular weight is 359 g/mol. The fraction of sp³-hybridized carbons (Fsp3) is 0.474. The Hall–Kier alpha value is -2.41. The molecule has 2 aromatic rings. The Morgan fingerprint density at radius 3 is 3.00 bits per heavy atom. The molecule has 7 heteroatoms. The Labute approximate surface area is 153 Å². The Morgan fingerprint density at radius 1 is 1.46 bits per heavy atom. The summed E-state index contributed by atoms with van der Waals surface area (Å²) >= 11 is 0. The molecule has 0 spiro atoms. The van der Waals surface area contributed by atoms with Crippen molar-refractivity contribution in [1.29, 1.82) is 0 Å². The molecule has 140 valence electrons. The Morgan fingerprint density at radius 2 is 2.31 bits per heavy atom. The third kappa shape index (κ3) is 4.04. The first-order valence-corrected chi connectivity index (χ1v) is 8.93. The smallest absolute Gasteiger partial charge is 0.193 e. The number of aliphatic imine (C=N–C) groups is 1. The number of nitrogens with one attached hydrogen (secondary N) is 1. The van der Waals surface area contributed by atoms with Crippen LogP contribution < -0.4 is 5.32 Å². The highest BCUT2D eigenvalue weighted by molar-refractivity contribution is 5.80. The number of aliphatic hydroxyl groups excluding tert-OH is 1. The zero-order valence-electron chi connectivity index (χ0n) is 15.3. The maximum atomic E-state index is 13.5. The van der Waals surface area contributed by atoms with Crippen LogP contribution in [0.4, 0.5) is 4.39 Å². The van der Waals surface area contributed by atoms with Crippen LogP contribution in [0, 0.1) is 11.7 Å². The standard InChI is InChI=1S/C19H26FN5O/c1-14-5-7-24(11-18(14)25-8-6-22-13-25)19(21-2)23-10-15-3-4-17(20)16(9-15)12-26/h3-4,6,8-9,13-14,18,26H,5,7,10-12H2,1-2H3,(H,21,23). The van der Waals surface area contributed by atoms with Crippen molar-refractivity contribution < 1.29 is 9.50 Å². The molecule has 0 saturated carbocycles. The van der Waals surface area contributed by atoms with E-state index in [1.54, 1.807) is 19.2 Å². The van der Waals surface area contributed by atoms with Crippen LogP contribution in [0.2, 0.25) is 0 Å². The molecule has 0 amide bonds. The highest BCUT2D eigenvalue weighted by Gasteiger charge is 2.28. The number of piperidine rings is 1. The van der Waals surface area contributed by atoms with Crippen LogP contribution in [0.5, 0.6) is 0 Å². The van der Waals surface area contributed by atoms with Crippen molar-refractivity contribution in [3.05, 3.63) is 53.9 Å². The summed E-state index contributed by atoms with van der Waals surface area (Å²) in [4.78, 5) is 10.8. The van der Waals surface area contributed by atoms with E-state index in [-0.39, 0.29) is 12.4 Å². The zero-order chi connectivity index (χ0) is 18.5. The zero-order valence-corrected chi connectivity index (χ0v) is 15.3. The van der Waals surface area contributed by atoms with Crippen molar-refractivity contribution in [3.8, 4) is 0 Å². The first kappa shape index (κ1) is 18.4. The number of nitrogens with zero attached hydrogens (tertiary/aromatic N) is 4. The molecular weight excluding hydrogens is 333 g/mol. The lowest BCUT2D eigenvalue weighted by atomic mass is 9.93. The molecule has 2 atom stereocenters. The fourth-order valence-electron chi connectivity index (χ4n) is 3.47. The van der Waals surface area contributed by atoms with Gasteiger partial charge in [0, 0.05) is 44.6 Å². The molecule has 1 saturated heterocycles. The number of benzene rings is 1. The molecule has 0 aliphatic carbocycles. The third-order valence-electron chi connectivity index (χ3n) is 5.07. The Bertz CT molecular complexity index is 746. The highest BCUT2D eigenvalue weighted by atomic mass is 19.1. The summed E-state index contributed by atoms with van der Waals surface area (Å²) in [5, 5.41) is 12.6. The van der Waals surface area contributed by atoms with Crippen molar-refractivity contribution in [2.75, 3.05) is 20.1 Å². The topological polar surface area (TPSA) is 65.7 Å². The van der Waals surface area contributed by atoms with Gasteiger partial charge in [-0.25, -0.2) is 9.37 Å². The molecule has 1 fully saturated rings. The normalized spacial score (nSPS) is 21.1. The summed E-state index contributed by atoms with van der Waals surface area (Å²) in [6, 6.07) is 5.16. The van der Waals surface area contributed by atoms with Crippen molar-refractivity contribution in [2.24, 2.45) is 10.9 Å². The summed E-state index contributed by atoms with van der Waals surface area (Å²) in [7, 11) is 1.77. The van der Waals surface area contributed by atoms with E-state index >= 15 is 0 Å². The number of aliphatic hydroxyl groups is 1. The summed E-state index contributed by atoms with van der Waals surface area (Å²) in [6.45, 7) is 4.31. The molecule has 1 aliphatic rings. The second-order valence-electron chi connectivity index (χ2n) is 6.77. The molecule has 1 aliphatic heterocycles. The molecule has 0 radical (unpaired) electrons. The fourth-order valence-corrected chi connectivity index (χ4v) is 3.47. The van der Waals surface area contributed by atoms with Gasteiger partial charge < -0.3 is 19.9 Å². The molecule has 1 aromatic heterocycles. The number of likely N-dealkylation sites (tertiary alicyclic amines) is 1. The molecule has 6 nitrogen and oxygen atoms in total. The van der Waals surface area contributed by atoms with Crippen molar-refractivity contribution >= 4 is 5.96 Å². The van der Waals surface area contributed by atoms with Crippen LogP contribution in [-0.4, -0.2) is 45.7 Å². The van der Waals surface area contributed by atoms with Gasteiger partial charge in [0.2, 0.25) is 0 Å². The first-order chi connectivity index (χ1) is 12.6. The maximum Gasteiger partial charge on any atom is 0.193 e. The number of imidazole rings is 1. The largest absolute Gasteiger partial charge is 0.392 e. The van der Waals surface area contributed by atoms with E-state index in [2.05, 4.69) is 31.7 Å². The Kier molecular flexibility index (Phi) is 5.88. The average Bonchev–Trinajstić information content (AvgIpc) is 3.19. The van der Waals surface area contributed by atoms with Crippen LogP contribution in [-0.2, 0) is 13.2 Å². The lowest BCUT2D eigenvalue weighted by molar-refractivity contribution is 0.189. The van der Waals surface area contributed by atoms with Gasteiger partial charge in [-0.1, -0.05) is 13.0 Å². The molecule has 0 bridgehead atoms. The molecule has 2 unspecified atom stereocenters. The van der Waals surface area contributed by atoms with Gasteiger partial charge in [0.25, 0.3) is 0 Å². The maximum absolute atomic E-state index is 13.5. The van der Waals surface area contributed by atoms with E-state index in [1.165, 1.54) is 6.07 Å². The number of aromatic nitrogens is 2. The van der Waals surface area contributed by atoms with Crippen molar-refractivity contribution in [3.63, 3.8) is 0 Å². The summed E-state index contributed by atoms with van der Waals surface area (Å²) in [6.07, 6.45) is 6.77. The lowest BCUT2D eigenvalue weighted by Crippen LogP contribution is -2.48. The van der Waals surface area contributed by atoms with Crippen molar-refractivity contribution in [1.82, 2.24) is 19.8 Å². The molecule has 2 N–H and O–H groups in total. The molecule has 26 heavy (non-hydrogen) atoms. The van der Waals surface area contributed by atoms with E-state index in [1.807, 2.05) is 18.7 Å². The van der Waals surface area contributed by atoms with Gasteiger partial charge in [0.05, 0.1) is 19.0 Å². The second kappa shape index (κ2) is 8.31. The van der Waals surface area contributed by atoms with Gasteiger partial charge in [-0.05, 0) is 30.0 Å². The summed E-state index contributed by atoms with van der Waals surface area (Å²) in [5.74, 6) is 1.02. The van der Waals surface area contributed by atoms with Crippen LogP contribution in [0.25, 0.3) is 0 Å². The van der Waals surface area contributed by atoms with E-state index in [0.717, 1.165) is 31.0 Å². The Balaban J connectivity index is 1.65. The second-order valence-corrected chi connectivity index (χ2v) is 6.77. The molecule has 3 rings (SSSR count). The first-order valence-electron chi connectivity index (χ1n) is 8.93. The van der Waals surface area contributed by atoms with Crippen LogP contribution in [0.15, 0.2) is 41.9 Å². The van der Waals surface area contributed by atoms with E-state index in [4.69, 9.17) is 0 Å². The van der Waals surface area contributed by atoms with Gasteiger partial charge >= 0.3 is 0 Å². The SMILES string of the molecule is CN=C(NCc1ccc(F)c(CO)c1)N1CCC(C)C(n2ccnc2)C1. The minimum atomic E-state index is -0.381. The third-order valence-corrected chi connectivity index (χ3v) is 5.07. The molecular formula is C19H26FN5O. The number of hydrogen-bond donors (Lipinski definition) is 2. The van der Waals surface area contributed by atoms with E-state index in [0.29, 0.717) is 24.1 Å². The van der Waals surface area contributed by atoms with Gasteiger partial charge in [-0.15, -0.1) is 0 Å². The van der Waals surface area contributed by atoms with Crippen molar-refractivity contribution in [2.45, 2.75) is 32.5 Å². The monoisotopic (exact) mass is 359 g/mol. The lowest BCUT2D eigenvalue weighted by Gasteiger charge is -2.39. The number of rotatable bonds is 4. The van der Waals surface area contributed by atoms with E-state index < -0.39 is 0 Å². The van der Waals surface area contributed by atoms with Gasteiger partial charge in [-0.3, -0.25) is 4.99 Å². The minimum Gasteiger partial charge on any atom is -0.392 e. The quantitative estimate of drug-likeness (QED) is 0.649. The number of guanidine groups is 1. The summed E-state index contributed by atoms with van der Waals surface area (Å²) in [5.41, 5.74) is 1.22. The van der Waals surface area contributed by atoms with Gasteiger partial charge in [-0.2, -0.15) is 0 Å². The van der Waals surface area contributed by atoms with Crippen LogP contribution in [0.1, 0.15) is 30.5 Å². The van der Waals surface area contributed by atoms with Crippen LogP contribution >= 0.6 is 0 Å². The van der Waals surface area contributed by atoms with Gasteiger partial charge in [0.15, 0.2) is 5.96 Å². The number of hydrogen-bond acceptors (Lipinski definition) is 3. The predicted molar refractivity (Wildman–Crippen MR) is 99.1 cm³/mol. The predicted octanol–water partition coefficient (Wildman–Crippen LogP) is 2.17. The van der Waals surface area contributed by atoms with Gasteiger partial charge in [0.1, 0.15) is 5.82 Å².